The summed E-state index contributed by atoms with van der Waals surface area (Å²) < 4.78 is 47.7. The minimum atomic E-state index is -3.67. The molecule has 2 aliphatic rings. The molecule has 0 spiro atoms. The second-order valence-corrected chi connectivity index (χ2v) is 9.55. The van der Waals surface area contributed by atoms with Gasteiger partial charge >= 0.3 is 0 Å². The maximum Gasteiger partial charge on any atom is 0.225 e. The van der Waals surface area contributed by atoms with Crippen LogP contribution in [0.5, 0.6) is 23.0 Å². The molecule has 9 heteroatoms. The van der Waals surface area contributed by atoms with Gasteiger partial charge < -0.3 is 24.3 Å². The molecule has 2 heterocycles. The molecule has 31 heavy (non-hydrogen) atoms. The van der Waals surface area contributed by atoms with E-state index >= 15 is 0 Å². The second-order valence-electron chi connectivity index (χ2n) is 7.44. The van der Waals surface area contributed by atoms with E-state index in [4.69, 9.17) is 18.9 Å². The number of carbonyl (C=O) groups is 1. The molecule has 0 saturated carbocycles. The molecule has 0 unspecified atom stereocenters. The van der Waals surface area contributed by atoms with E-state index in [9.17, 15) is 13.2 Å². The lowest BCUT2D eigenvalue weighted by atomic mass is 10.1. The molecule has 0 bridgehead atoms. The molecule has 166 valence electrons. The van der Waals surface area contributed by atoms with Gasteiger partial charge in [-0.25, -0.2) is 8.42 Å². The second kappa shape index (κ2) is 8.66. The van der Waals surface area contributed by atoms with Gasteiger partial charge in [-0.05, 0) is 32.0 Å². The van der Waals surface area contributed by atoms with E-state index in [2.05, 4.69) is 5.32 Å². The van der Waals surface area contributed by atoms with Gasteiger partial charge in [0, 0.05) is 30.5 Å². The molecule has 2 aromatic carbocycles. The summed E-state index contributed by atoms with van der Waals surface area (Å²) in [6.45, 7) is 5.07. The van der Waals surface area contributed by atoms with E-state index in [1.807, 2.05) is 19.9 Å². The Morgan fingerprint density at radius 2 is 1.90 bits per heavy atom. The van der Waals surface area contributed by atoms with Crippen LogP contribution in [0.1, 0.15) is 25.8 Å². The molecule has 1 N–H and O–H groups in total. The molecule has 0 radical (unpaired) electrons. The summed E-state index contributed by atoms with van der Waals surface area (Å²) in [7, 11) is -3.67. The van der Waals surface area contributed by atoms with E-state index < -0.39 is 15.7 Å². The van der Waals surface area contributed by atoms with Crippen molar-refractivity contribution >= 4 is 21.4 Å². The minimum absolute atomic E-state index is 0.0616. The van der Waals surface area contributed by atoms with Gasteiger partial charge in [-0.2, -0.15) is 0 Å². The molecule has 0 fully saturated rings. The fourth-order valence-electron chi connectivity index (χ4n) is 3.59. The van der Waals surface area contributed by atoms with E-state index in [0.717, 1.165) is 12.0 Å². The fourth-order valence-corrected chi connectivity index (χ4v) is 4.84. The largest absolute Gasteiger partial charge is 0.492 e. The number of carbonyl (C=O) groups excluding carboxylic acids is 1. The first-order valence-electron chi connectivity index (χ1n) is 10.2. The van der Waals surface area contributed by atoms with Crippen LogP contribution in [0.25, 0.3) is 0 Å². The number of hydrogen-bond acceptors (Lipinski definition) is 7. The Balaban J connectivity index is 1.44. The zero-order valence-corrected chi connectivity index (χ0v) is 18.3. The lowest BCUT2D eigenvalue weighted by Gasteiger charge is -2.18. The molecule has 0 aliphatic carbocycles. The van der Waals surface area contributed by atoms with Crippen LogP contribution in [0.15, 0.2) is 35.2 Å². The maximum atomic E-state index is 12.7. The standard InChI is InChI=1S/C22H25NO7S/c1-3-27-20-11-15-10-14(2)30-19(15)13-17(20)23-22(24)6-9-31(25,26)16-4-5-18-21(12-16)29-8-7-28-18/h4-5,11-14H,3,6-10H2,1-2H3,(H,23,24)/t14-/m0/s1. The van der Waals surface area contributed by atoms with Crippen molar-refractivity contribution in [1.82, 2.24) is 0 Å². The van der Waals surface area contributed by atoms with Crippen molar-refractivity contribution in [2.75, 3.05) is 30.9 Å². The van der Waals surface area contributed by atoms with Crippen LogP contribution in [0.2, 0.25) is 0 Å². The molecular weight excluding hydrogens is 422 g/mol. The van der Waals surface area contributed by atoms with Gasteiger partial charge in [-0.1, -0.05) is 0 Å². The van der Waals surface area contributed by atoms with Crippen molar-refractivity contribution in [3.63, 3.8) is 0 Å². The molecule has 0 saturated heterocycles. The lowest BCUT2D eigenvalue weighted by molar-refractivity contribution is -0.115. The van der Waals surface area contributed by atoms with Crippen molar-refractivity contribution in [2.45, 2.75) is 37.7 Å². The number of sulfone groups is 1. The van der Waals surface area contributed by atoms with E-state index in [1.54, 1.807) is 12.1 Å². The molecule has 2 aromatic rings. The number of amides is 1. The van der Waals surface area contributed by atoms with Crippen molar-refractivity contribution < 1.29 is 32.2 Å². The van der Waals surface area contributed by atoms with Gasteiger partial charge in [0.05, 0.1) is 22.9 Å². The van der Waals surface area contributed by atoms with Gasteiger partial charge in [0.25, 0.3) is 0 Å². The Hall–Kier alpha value is -2.94. The van der Waals surface area contributed by atoms with Crippen LogP contribution in [0.3, 0.4) is 0 Å². The van der Waals surface area contributed by atoms with E-state index in [1.165, 1.54) is 12.1 Å². The summed E-state index contributed by atoms with van der Waals surface area (Å²) in [6, 6.07) is 8.07. The number of ether oxygens (including phenoxy) is 4. The molecule has 1 atom stereocenters. The summed E-state index contributed by atoms with van der Waals surface area (Å²) >= 11 is 0. The molecule has 8 nitrogen and oxygen atoms in total. The van der Waals surface area contributed by atoms with Gasteiger partial charge in [-0.3, -0.25) is 4.79 Å². The highest BCUT2D eigenvalue weighted by atomic mass is 32.2. The van der Waals surface area contributed by atoms with Crippen LogP contribution in [0, 0.1) is 0 Å². The first kappa shape index (κ1) is 21.3. The first-order chi connectivity index (χ1) is 14.9. The number of anilines is 1. The Bertz CT molecular complexity index is 1100. The number of rotatable bonds is 7. The summed E-state index contributed by atoms with van der Waals surface area (Å²) in [5.74, 6) is 1.40. The van der Waals surface area contributed by atoms with Crippen LogP contribution in [0.4, 0.5) is 5.69 Å². The third-order valence-electron chi connectivity index (χ3n) is 5.04. The highest BCUT2D eigenvalue weighted by molar-refractivity contribution is 7.91. The number of nitrogens with one attached hydrogen (secondary N) is 1. The van der Waals surface area contributed by atoms with Gasteiger partial charge in [-0.15, -0.1) is 0 Å². The summed E-state index contributed by atoms with van der Waals surface area (Å²) in [5, 5.41) is 2.76. The fraction of sp³-hybridized carbons (Fsp3) is 0.409. The molecule has 2 aliphatic heterocycles. The average molecular weight is 448 g/mol. The SMILES string of the molecule is CCOc1cc2c(cc1NC(=O)CCS(=O)(=O)c1ccc3c(c1)OCCO3)O[C@@H](C)C2. The molecule has 1 amide bonds. The summed E-state index contributed by atoms with van der Waals surface area (Å²) in [4.78, 5) is 12.6. The molecule has 0 aromatic heterocycles. The number of fused-ring (bicyclic) bond motifs is 2. The average Bonchev–Trinajstić information content (AvgIpc) is 3.11. The molecular formula is C22H25NO7S. The van der Waals surface area contributed by atoms with Crippen LogP contribution < -0.4 is 24.3 Å². The van der Waals surface area contributed by atoms with Crippen molar-refractivity contribution in [2.24, 2.45) is 0 Å². The third-order valence-corrected chi connectivity index (χ3v) is 6.76. The van der Waals surface area contributed by atoms with Crippen molar-refractivity contribution in [3.8, 4) is 23.0 Å². The quantitative estimate of drug-likeness (QED) is 0.696. The van der Waals surface area contributed by atoms with Gasteiger partial charge in [0.1, 0.15) is 30.8 Å². The van der Waals surface area contributed by atoms with Crippen LogP contribution in [-0.4, -0.2) is 46.0 Å². The summed E-state index contributed by atoms with van der Waals surface area (Å²) in [5.41, 5.74) is 1.49. The smallest absolute Gasteiger partial charge is 0.225 e. The van der Waals surface area contributed by atoms with Gasteiger partial charge in [0.2, 0.25) is 5.91 Å². The Morgan fingerprint density at radius 1 is 1.13 bits per heavy atom. The summed E-state index contributed by atoms with van der Waals surface area (Å²) in [6.07, 6.45) is 0.639. The topological polar surface area (TPSA) is 100 Å². The third kappa shape index (κ3) is 4.71. The van der Waals surface area contributed by atoms with Crippen LogP contribution >= 0.6 is 0 Å². The van der Waals surface area contributed by atoms with E-state index in [-0.39, 0.29) is 23.2 Å². The Labute approximate surface area is 181 Å². The zero-order valence-electron chi connectivity index (χ0n) is 17.5. The van der Waals surface area contributed by atoms with Crippen LogP contribution in [-0.2, 0) is 21.1 Å². The number of benzene rings is 2. The molecule has 4 rings (SSSR count). The van der Waals surface area contributed by atoms with Crippen molar-refractivity contribution in [3.05, 3.63) is 35.9 Å². The lowest BCUT2D eigenvalue weighted by Crippen LogP contribution is -2.19. The minimum Gasteiger partial charge on any atom is -0.492 e. The predicted molar refractivity (Wildman–Crippen MR) is 114 cm³/mol. The normalized spacial score (nSPS) is 16.9. The highest BCUT2D eigenvalue weighted by Gasteiger charge is 2.24. The Morgan fingerprint density at radius 3 is 2.68 bits per heavy atom. The zero-order chi connectivity index (χ0) is 22.0. The maximum absolute atomic E-state index is 12.7. The van der Waals surface area contributed by atoms with E-state index in [0.29, 0.717) is 48.5 Å². The highest BCUT2D eigenvalue weighted by Crippen LogP contribution is 2.38. The number of hydrogen-bond donors (Lipinski definition) is 1. The van der Waals surface area contributed by atoms with Crippen molar-refractivity contribution in [1.29, 1.82) is 0 Å². The first-order valence-corrected chi connectivity index (χ1v) is 11.9. The predicted octanol–water partition coefficient (Wildman–Crippen LogP) is 2.98. The monoisotopic (exact) mass is 447 g/mol. The Kier molecular flexibility index (Phi) is 5.95. The van der Waals surface area contributed by atoms with Gasteiger partial charge in [0.15, 0.2) is 21.3 Å².